The second-order valence-electron chi connectivity index (χ2n) is 7.74. The van der Waals surface area contributed by atoms with Crippen LogP contribution in [0.3, 0.4) is 0 Å². The molecule has 2 amide bonds. The average molecular weight is 484 g/mol. The average Bonchev–Trinajstić information content (AvgIpc) is 3.22. The molecule has 170 valence electrons. The summed E-state index contributed by atoms with van der Waals surface area (Å²) in [7, 11) is -3.88. The van der Waals surface area contributed by atoms with E-state index in [2.05, 4.69) is 10.0 Å². The first-order valence-corrected chi connectivity index (χ1v) is 12.2. The summed E-state index contributed by atoms with van der Waals surface area (Å²) in [6.45, 7) is 2.36. The quantitative estimate of drug-likeness (QED) is 0.525. The second-order valence-corrected chi connectivity index (χ2v) is 9.83. The summed E-state index contributed by atoms with van der Waals surface area (Å²) >= 11 is 5.86. The molecule has 0 atom stereocenters. The standard InChI is InChI=1S/C24H22ClN3O4S/c1-16-4-9-20(15-22(16)33(31,32)27-19-10-7-18(25)8-11-19)26-24(30)17-5-12-21(13-6-17)28-14-2-3-23(28)29/h4-13,15,27H,2-3,14H2,1H3,(H,26,30). The van der Waals surface area contributed by atoms with E-state index < -0.39 is 10.0 Å². The zero-order chi connectivity index (χ0) is 23.6. The van der Waals surface area contributed by atoms with Crippen LogP contribution in [0.1, 0.15) is 28.8 Å². The van der Waals surface area contributed by atoms with E-state index in [-0.39, 0.29) is 16.7 Å². The van der Waals surface area contributed by atoms with Crippen LogP contribution < -0.4 is 14.9 Å². The van der Waals surface area contributed by atoms with Gasteiger partial charge in [-0.05, 0) is 79.6 Å². The molecule has 1 aliphatic heterocycles. The van der Waals surface area contributed by atoms with Gasteiger partial charge in [-0.3, -0.25) is 14.3 Å². The van der Waals surface area contributed by atoms with Crippen molar-refractivity contribution in [3.8, 4) is 0 Å². The summed E-state index contributed by atoms with van der Waals surface area (Å²) in [5.74, 6) is -0.306. The number of amides is 2. The van der Waals surface area contributed by atoms with E-state index in [0.29, 0.717) is 40.5 Å². The largest absolute Gasteiger partial charge is 0.322 e. The van der Waals surface area contributed by atoms with Crippen LogP contribution in [0.15, 0.2) is 71.6 Å². The van der Waals surface area contributed by atoms with E-state index in [1.54, 1.807) is 72.5 Å². The van der Waals surface area contributed by atoms with Crippen molar-refractivity contribution in [2.24, 2.45) is 0 Å². The molecule has 1 aliphatic rings. The SMILES string of the molecule is Cc1ccc(NC(=O)c2ccc(N3CCCC3=O)cc2)cc1S(=O)(=O)Nc1ccc(Cl)cc1. The maximum Gasteiger partial charge on any atom is 0.262 e. The maximum atomic E-state index is 12.9. The number of nitrogens with zero attached hydrogens (tertiary/aromatic N) is 1. The van der Waals surface area contributed by atoms with Crippen molar-refractivity contribution in [1.82, 2.24) is 0 Å². The molecular weight excluding hydrogens is 462 g/mol. The lowest BCUT2D eigenvalue weighted by atomic mass is 10.1. The first kappa shape index (κ1) is 22.8. The first-order chi connectivity index (χ1) is 15.7. The fraction of sp³-hybridized carbons (Fsp3) is 0.167. The third-order valence-corrected chi connectivity index (χ3v) is 7.12. The topological polar surface area (TPSA) is 95.6 Å². The normalized spacial score (nSPS) is 13.8. The predicted molar refractivity (Wildman–Crippen MR) is 129 cm³/mol. The van der Waals surface area contributed by atoms with Crippen molar-refractivity contribution in [2.75, 3.05) is 21.5 Å². The van der Waals surface area contributed by atoms with Crippen LogP contribution in [0, 0.1) is 6.92 Å². The Hall–Kier alpha value is -3.36. The van der Waals surface area contributed by atoms with Crippen LogP contribution in [0.25, 0.3) is 0 Å². The molecule has 7 nitrogen and oxygen atoms in total. The van der Waals surface area contributed by atoms with Crippen molar-refractivity contribution in [3.63, 3.8) is 0 Å². The first-order valence-electron chi connectivity index (χ1n) is 10.3. The molecule has 1 fully saturated rings. The molecule has 0 aliphatic carbocycles. The fourth-order valence-electron chi connectivity index (χ4n) is 3.61. The Morgan fingerprint density at radius 2 is 1.64 bits per heavy atom. The molecule has 2 N–H and O–H groups in total. The van der Waals surface area contributed by atoms with Gasteiger partial charge < -0.3 is 10.2 Å². The second kappa shape index (κ2) is 9.25. The fourth-order valence-corrected chi connectivity index (χ4v) is 5.07. The number of benzene rings is 3. The van der Waals surface area contributed by atoms with Crippen LogP contribution in [0.2, 0.25) is 5.02 Å². The summed E-state index contributed by atoms with van der Waals surface area (Å²) in [5.41, 5.74) is 2.42. The number of carbonyl (C=O) groups is 2. The van der Waals surface area contributed by atoms with Gasteiger partial charge in [0.15, 0.2) is 0 Å². The lowest BCUT2D eigenvalue weighted by Gasteiger charge is -2.16. The number of hydrogen-bond acceptors (Lipinski definition) is 4. The third kappa shape index (κ3) is 5.18. The number of sulfonamides is 1. The molecule has 3 aromatic carbocycles. The molecule has 3 aromatic rings. The van der Waals surface area contributed by atoms with Crippen LogP contribution in [0.4, 0.5) is 17.1 Å². The molecule has 0 radical (unpaired) electrons. The van der Waals surface area contributed by atoms with Crippen molar-refractivity contribution in [3.05, 3.63) is 82.9 Å². The van der Waals surface area contributed by atoms with E-state index in [1.165, 1.54) is 6.07 Å². The van der Waals surface area contributed by atoms with Gasteiger partial charge in [0.1, 0.15) is 0 Å². The molecule has 0 aromatic heterocycles. The Morgan fingerprint density at radius 1 is 0.970 bits per heavy atom. The van der Waals surface area contributed by atoms with Crippen molar-refractivity contribution >= 4 is 50.5 Å². The minimum atomic E-state index is -3.88. The van der Waals surface area contributed by atoms with Gasteiger partial charge >= 0.3 is 0 Å². The molecule has 0 saturated carbocycles. The molecule has 4 rings (SSSR count). The van der Waals surface area contributed by atoms with Gasteiger partial charge in [0.05, 0.1) is 4.90 Å². The highest BCUT2D eigenvalue weighted by Gasteiger charge is 2.22. The molecule has 9 heteroatoms. The van der Waals surface area contributed by atoms with Gasteiger partial charge in [0.2, 0.25) is 5.91 Å². The van der Waals surface area contributed by atoms with Gasteiger partial charge in [0.25, 0.3) is 15.9 Å². The van der Waals surface area contributed by atoms with Crippen molar-refractivity contribution < 1.29 is 18.0 Å². The zero-order valence-electron chi connectivity index (χ0n) is 17.8. The van der Waals surface area contributed by atoms with Gasteiger partial charge in [-0.1, -0.05) is 17.7 Å². The Labute approximate surface area is 197 Å². The van der Waals surface area contributed by atoms with Gasteiger partial charge in [0, 0.05) is 40.6 Å². The molecule has 0 spiro atoms. The molecular formula is C24H22ClN3O4S. The van der Waals surface area contributed by atoms with E-state index in [0.717, 1.165) is 12.1 Å². The minimum Gasteiger partial charge on any atom is -0.322 e. The van der Waals surface area contributed by atoms with Gasteiger partial charge in [-0.2, -0.15) is 0 Å². The van der Waals surface area contributed by atoms with Crippen LogP contribution >= 0.6 is 11.6 Å². The summed E-state index contributed by atoms with van der Waals surface area (Å²) in [6.07, 6.45) is 1.36. The third-order valence-electron chi connectivity index (χ3n) is 5.35. The number of rotatable bonds is 6. The molecule has 1 heterocycles. The zero-order valence-corrected chi connectivity index (χ0v) is 19.4. The number of carbonyl (C=O) groups excluding carboxylic acids is 2. The summed E-state index contributed by atoms with van der Waals surface area (Å²) < 4.78 is 28.4. The number of aryl methyl sites for hydroxylation is 1. The molecule has 1 saturated heterocycles. The Bertz CT molecular complexity index is 1310. The molecule has 0 unspecified atom stereocenters. The highest BCUT2D eigenvalue weighted by molar-refractivity contribution is 7.92. The highest BCUT2D eigenvalue weighted by Crippen LogP contribution is 2.25. The smallest absolute Gasteiger partial charge is 0.262 e. The number of nitrogens with one attached hydrogen (secondary N) is 2. The van der Waals surface area contributed by atoms with Gasteiger partial charge in [-0.15, -0.1) is 0 Å². The summed E-state index contributed by atoms with van der Waals surface area (Å²) in [4.78, 5) is 26.4. The summed E-state index contributed by atoms with van der Waals surface area (Å²) in [6, 6.07) is 17.8. The maximum absolute atomic E-state index is 12.9. The van der Waals surface area contributed by atoms with E-state index in [1.807, 2.05) is 0 Å². The van der Waals surface area contributed by atoms with E-state index in [4.69, 9.17) is 11.6 Å². The van der Waals surface area contributed by atoms with Crippen LogP contribution in [-0.2, 0) is 14.8 Å². The lowest BCUT2D eigenvalue weighted by molar-refractivity contribution is -0.117. The van der Waals surface area contributed by atoms with E-state index >= 15 is 0 Å². The lowest BCUT2D eigenvalue weighted by Crippen LogP contribution is -2.23. The molecule has 0 bridgehead atoms. The van der Waals surface area contributed by atoms with Crippen LogP contribution in [0.5, 0.6) is 0 Å². The van der Waals surface area contributed by atoms with E-state index in [9.17, 15) is 18.0 Å². The Kier molecular flexibility index (Phi) is 6.40. The number of hydrogen-bond donors (Lipinski definition) is 2. The predicted octanol–water partition coefficient (Wildman–Crippen LogP) is 4.83. The highest BCUT2D eigenvalue weighted by atomic mass is 35.5. The van der Waals surface area contributed by atoms with Crippen LogP contribution in [-0.4, -0.2) is 26.8 Å². The molecule has 33 heavy (non-hydrogen) atoms. The Morgan fingerprint density at radius 3 is 2.27 bits per heavy atom. The van der Waals surface area contributed by atoms with Crippen molar-refractivity contribution in [2.45, 2.75) is 24.7 Å². The number of halogens is 1. The van der Waals surface area contributed by atoms with Crippen molar-refractivity contribution in [1.29, 1.82) is 0 Å². The summed E-state index contributed by atoms with van der Waals surface area (Å²) in [5, 5.41) is 3.24. The van der Waals surface area contributed by atoms with Gasteiger partial charge in [-0.25, -0.2) is 8.42 Å². The minimum absolute atomic E-state index is 0.0538. The Balaban J connectivity index is 1.50. The monoisotopic (exact) mass is 483 g/mol. The number of anilines is 3.